The molecule has 0 N–H and O–H groups in total. The van der Waals surface area contributed by atoms with Crippen molar-refractivity contribution >= 4 is 12.0 Å². The molecule has 14 heteroatoms. The van der Waals surface area contributed by atoms with E-state index in [0.29, 0.717) is 7.11 Å². The second kappa shape index (κ2) is 5.90. The molecule has 0 aliphatic rings. The summed E-state index contributed by atoms with van der Waals surface area (Å²) >= 11 is -1.59. The number of alkyl halides is 9. The van der Waals surface area contributed by atoms with E-state index in [-0.39, 0.29) is 0 Å². The first-order chi connectivity index (χ1) is 8.27. The Kier molecular flexibility index (Phi) is 5.77. The third kappa shape index (κ3) is 4.87. The molecule has 19 heavy (non-hydrogen) atoms. The van der Waals surface area contributed by atoms with Crippen molar-refractivity contribution < 1.29 is 58.5 Å². The molecule has 0 aliphatic carbocycles. The highest BCUT2D eigenvalue weighted by Gasteiger charge is 2.71. The zero-order valence-corrected chi connectivity index (χ0v) is 9.26. The van der Waals surface area contributed by atoms with E-state index in [2.05, 4.69) is 14.3 Å². The van der Waals surface area contributed by atoms with Gasteiger partial charge in [-0.1, -0.05) is 5.04 Å². The highest BCUT2D eigenvalue weighted by atomic mass is 32.2. The Morgan fingerprint density at radius 2 is 1.26 bits per heavy atom. The molecular weight excluding hydrogens is 327 g/mol. The number of ether oxygens (including phenoxy) is 1. The first-order valence-corrected chi connectivity index (χ1v) is 4.46. The van der Waals surface area contributed by atoms with Crippen LogP contribution in [0.25, 0.3) is 0 Å². The van der Waals surface area contributed by atoms with E-state index in [4.69, 9.17) is 0 Å². The van der Waals surface area contributed by atoms with Gasteiger partial charge in [0.15, 0.2) is 0 Å². The average Bonchev–Trinajstić information content (AvgIpc) is 2.13. The van der Waals surface area contributed by atoms with Crippen LogP contribution < -0.4 is 0 Å². The third-order valence-electron chi connectivity index (χ3n) is 1.16. The molecule has 0 aromatic rings. The van der Waals surface area contributed by atoms with Crippen LogP contribution in [0.5, 0.6) is 0 Å². The Bertz CT molecular complexity index is 293. The van der Waals surface area contributed by atoms with Crippen LogP contribution in [0.4, 0.5) is 39.5 Å². The molecule has 0 radical (unpaired) electrons. The summed E-state index contributed by atoms with van der Waals surface area (Å²) in [5.74, 6) is 0. The molecule has 116 valence electrons. The lowest BCUT2D eigenvalue weighted by Crippen LogP contribution is -2.50. The summed E-state index contributed by atoms with van der Waals surface area (Å²) in [5, 5.41) is -2.38. The van der Waals surface area contributed by atoms with Gasteiger partial charge in [0, 0.05) is 0 Å². The van der Waals surface area contributed by atoms with E-state index in [0.717, 1.165) is 0 Å². The highest BCUT2D eigenvalue weighted by molar-refractivity contribution is 7.95. The maximum absolute atomic E-state index is 12.6. The molecule has 4 nitrogen and oxygen atoms in total. The third-order valence-corrected chi connectivity index (χ3v) is 1.73. The number of hydrogen-bond acceptors (Lipinski definition) is 5. The maximum atomic E-state index is 12.6. The smallest absolute Gasteiger partial charge is 0.242 e. The van der Waals surface area contributed by atoms with Gasteiger partial charge in [0.1, 0.15) is 12.0 Å². The first-order valence-electron chi connectivity index (χ1n) is 3.72. The molecule has 0 atom stereocenters. The summed E-state index contributed by atoms with van der Waals surface area (Å²) in [4.78, 5) is 3.51. The van der Waals surface area contributed by atoms with Gasteiger partial charge < -0.3 is 0 Å². The lowest BCUT2D eigenvalue weighted by Gasteiger charge is -2.28. The van der Waals surface area contributed by atoms with Crippen molar-refractivity contribution in [2.24, 2.45) is 0 Å². The summed E-state index contributed by atoms with van der Waals surface area (Å²) in [5.41, 5.74) is 0. The van der Waals surface area contributed by atoms with Gasteiger partial charge in [0.05, 0.1) is 7.11 Å². The molecule has 0 aliphatic heterocycles. The summed E-state index contributed by atoms with van der Waals surface area (Å²) < 4.78 is 114. The second-order valence-electron chi connectivity index (χ2n) is 2.54. The van der Waals surface area contributed by atoms with E-state index < -0.39 is 35.7 Å². The van der Waals surface area contributed by atoms with Crippen LogP contribution in [0.15, 0.2) is 0 Å². The fourth-order valence-electron chi connectivity index (χ4n) is 0.411. The number of rotatable bonds is 7. The zero-order valence-electron chi connectivity index (χ0n) is 8.44. The first kappa shape index (κ1) is 18.6. The van der Waals surface area contributed by atoms with Crippen molar-refractivity contribution in [3.05, 3.63) is 0 Å². The lowest BCUT2D eigenvalue weighted by molar-refractivity contribution is -0.479. The van der Waals surface area contributed by atoms with Crippen molar-refractivity contribution in [3.63, 3.8) is 0 Å². The molecule has 0 bridgehead atoms. The molecule has 0 unspecified atom stereocenters. The highest BCUT2D eigenvalue weighted by Crippen LogP contribution is 2.49. The van der Waals surface area contributed by atoms with Gasteiger partial charge in [-0.15, -0.1) is 4.33 Å². The molecule has 0 aromatic heterocycles. The number of hydrogen-bond donors (Lipinski definition) is 0. The summed E-state index contributed by atoms with van der Waals surface area (Å²) in [6.45, 7) is 0. The van der Waals surface area contributed by atoms with Crippen LogP contribution in [-0.4, -0.2) is 30.8 Å². The summed E-state index contributed by atoms with van der Waals surface area (Å²) in [6, 6.07) is 0. The van der Waals surface area contributed by atoms with Gasteiger partial charge in [0.25, 0.3) is 0 Å². The van der Waals surface area contributed by atoms with E-state index in [1.165, 1.54) is 0 Å². The van der Waals surface area contributed by atoms with Crippen molar-refractivity contribution in [1.82, 2.24) is 0 Å². The number of halogens is 9. The Labute approximate surface area is 102 Å². The van der Waals surface area contributed by atoms with Crippen molar-refractivity contribution in [2.45, 2.75) is 23.6 Å². The van der Waals surface area contributed by atoms with Crippen LogP contribution in [0, 0.1) is 0 Å². The summed E-state index contributed by atoms with van der Waals surface area (Å²) in [6.07, 6.45) is -19.3. The van der Waals surface area contributed by atoms with E-state index in [9.17, 15) is 39.5 Å². The van der Waals surface area contributed by atoms with E-state index >= 15 is 0 Å². The molecule has 0 saturated heterocycles. The summed E-state index contributed by atoms with van der Waals surface area (Å²) in [7, 11) is 0.700. The van der Waals surface area contributed by atoms with Crippen LogP contribution in [-0.2, 0) is 19.0 Å². The predicted octanol–water partition coefficient (Wildman–Crippen LogP) is 3.50. The van der Waals surface area contributed by atoms with Gasteiger partial charge in [-0.3, -0.25) is 0 Å². The van der Waals surface area contributed by atoms with E-state index in [1.54, 1.807) is 0 Å². The Hall–Kier alpha value is -0.440. The maximum Gasteiger partial charge on any atom is 0.483 e. The molecule has 0 fully saturated rings. The SMILES string of the molecule is COOOSC(F)(F)C(F)(F)OC(F)(F)C(F)(F)F. The lowest BCUT2D eigenvalue weighted by atomic mass is 10.5. The Balaban J connectivity index is 4.86. The van der Waals surface area contributed by atoms with Gasteiger partial charge in [-0.05, 0) is 0 Å². The van der Waals surface area contributed by atoms with Crippen LogP contribution in [0.2, 0.25) is 0 Å². The fourth-order valence-corrected chi connectivity index (χ4v) is 0.719. The van der Waals surface area contributed by atoms with Crippen LogP contribution >= 0.6 is 12.0 Å². The van der Waals surface area contributed by atoms with Gasteiger partial charge >= 0.3 is 23.6 Å². The molecule has 0 heterocycles. The molecule has 0 aromatic carbocycles. The average molecular weight is 330 g/mol. The zero-order chi connectivity index (χ0) is 15.5. The second-order valence-corrected chi connectivity index (χ2v) is 3.35. The monoisotopic (exact) mass is 330 g/mol. The van der Waals surface area contributed by atoms with Crippen molar-refractivity contribution in [3.8, 4) is 0 Å². The quantitative estimate of drug-likeness (QED) is 0.235. The molecule has 0 saturated carbocycles. The molecule has 0 rings (SSSR count). The minimum absolute atomic E-state index is 0.700. The van der Waals surface area contributed by atoms with Crippen molar-refractivity contribution in [2.75, 3.05) is 7.11 Å². The Morgan fingerprint density at radius 3 is 1.63 bits per heavy atom. The molecular formula is C5H3F9O4S. The van der Waals surface area contributed by atoms with Gasteiger partial charge in [0.2, 0.25) is 0 Å². The minimum Gasteiger partial charge on any atom is -0.242 e. The van der Waals surface area contributed by atoms with Gasteiger partial charge in [-0.25, -0.2) is 9.62 Å². The largest absolute Gasteiger partial charge is 0.483 e. The van der Waals surface area contributed by atoms with E-state index in [1.807, 2.05) is 4.74 Å². The normalized spacial score (nSPS) is 14.8. The Morgan fingerprint density at radius 1 is 0.789 bits per heavy atom. The van der Waals surface area contributed by atoms with Crippen molar-refractivity contribution in [1.29, 1.82) is 0 Å². The van der Waals surface area contributed by atoms with Crippen LogP contribution in [0.1, 0.15) is 0 Å². The molecule has 0 amide bonds. The minimum atomic E-state index is -6.61. The fraction of sp³-hybridized carbons (Fsp3) is 1.00. The predicted molar refractivity (Wildman–Crippen MR) is 38.8 cm³/mol. The van der Waals surface area contributed by atoms with Gasteiger partial charge in [-0.2, -0.15) is 39.5 Å². The topological polar surface area (TPSA) is 36.9 Å². The molecule has 0 spiro atoms. The standard InChI is InChI=1S/C5H3F9O4S/c1-15-17-18-19-5(13,14)4(11,12)16-3(9,10)2(6,7)8/h1H3. The van der Waals surface area contributed by atoms with Crippen LogP contribution in [0.3, 0.4) is 0 Å².